The Kier molecular flexibility index (Phi) is 6.04. The molecule has 0 aromatic carbocycles. The van der Waals surface area contributed by atoms with Crippen LogP contribution in [0.3, 0.4) is 0 Å². The predicted molar refractivity (Wildman–Crippen MR) is 90.8 cm³/mol. The van der Waals surface area contributed by atoms with Gasteiger partial charge in [0.1, 0.15) is 5.82 Å². The summed E-state index contributed by atoms with van der Waals surface area (Å²) < 4.78 is 0. The second kappa shape index (κ2) is 7.79. The highest BCUT2D eigenvalue weighted by atomic mass is 15.2. The van der Waals surface area contributed by atoms with E-state index >= 15 is 0 Å². The van der Waals surface area contributed by atoms with E-state index in [-0.39, 0.29) is 0 Å². The maximum absolute atomic E-state index is 4.76. The Morgan fingerprint density at radius 1 is 1.33 bits per heavy atom. The Hall–Kier alpha value is -1.09. The highest BCUT2D eigenvalue weighted by molar-refractivity contribution is 5.47. The molecule has 0 spiro atoms. The van der Waals surface area contributed by atoms with E-state index in [0.29, 0.717) is 6.04 Å². The van der Waals surface area contributed by atoms with E-state index < -0.39 is 0 Å². The van der Waals surface area contributed by atoms with Gasteiger partial charge in [-0.05, 0) is 49.3 Å². The number of aromatic nitrogens is 1. The Labute approximate surface area is 130 Å². The number of hydrogen-bond acceptors (Lipinski definition) is 3. The maximum atomic E-state index is 4.76. The van der Waals surface area contributed by atoms with Gasteiger partial charge in [-0.25, -0.2) is 4.98 Å². The Morgan fingerprint density at radius 2 is 2.14 bits per heavy atom. The monoisotopic (exact) mass is 289 g/mol. The van der Waals surface area contributed by atoms with Crippen molar-refractivity contribution in [2.24, 2.45) is 5.92 Å². The van der Waals surface area contributed by atoms with Gasteiger partial charge >= 0.3 is 0 Å². The molecule has 1 atom stereocenters. The van der Waals surface area contributed by atoms with Crippen LogP contribution >= 0.6 is 0 Å². The topological polar surface area (TPSA) is 28.2 Å². The molecule has 1 aromatic rings. The summed E-state index contributed by atoms with van der Waals surface area (Å²) in [6.45, 7) is 12.1. The molecule has 0 aliphatic carbocycles. The minimum Gasteiger partial charge on any atom is -0.356 e. The molecule has 1 saturated heterocycles. The summed E-state index contributed by atoms with van der Waals surface area (Å²) in [5.41, 5.74) is 2.60. The smallest absolute Gasteiger partial charge is 0.131 e. The molecular formula is C18H31N3. The lowest BCUT2D eigenvalue weighted by molar-refractivity contribution is 0.459. The van der Waals surface area contributed by atoms with Crippen molar-refractivity contribution >= 4 is 5.82 Å². The fourth-order valence-electron chi connectivity index (χ4n) is 3.16. The molecule has 2 heterocycles. The third-order valence-corrected chi connectivity index (χ3v) is 4.55. The van der Waals surface area contributed by atoms with E-state index in [4.69, 9.17) is 4.98 Å². The molecule has 118 valence electrons. The zero-order chi connectivity index (χ0) is 15.2. The Morgan fingerprint density at radius 3 is 2.81 bits per heavy atom. The first-order valence-electron chi connectivity index (χ1n) is 8.54. The third kappa shape index (κ3) is 4.70. The number of anilines is 1. The van der Waals surface area contributed by atoms with E-state index in [0.717, 1.165) is 25.6 Å². The predicted octanol–water partition coefficient (Wildman–Crippen LogP) is 3.90. The van der Waals surface area contributed by atoms with Crippen LogP contribution in [0.1, 0.15) is 57.6 Å². The van der Waals surface area contributed by atoms with Crippen molar-refractivity contribution < 1.29 is 0 Å². The first-order chi connectivity index (χ1) is 10.1. The van der Waals surface area contributed by atoms with Gasteiger partial charge < -0.3 is 10.2 Å². The molecule has 0 bridgehead atoms. The number of aryl methyl sites for hydroxylation is 1. The zero-order valence-corrected chi connectivity index (χ0v) is 14.2. The standard InChI is InChI=1S/C18H31N3/c1-5-16-7-6-9-21(10-8-16)18-15(4)11-17(13-20-18)12-19-14(2)3/h11,13-14,16,19H,5-10,12H2,1-4H3. The molecule has 3 nitrogen and oxygen atoms in total. The minimum absolute atomic E-state index is 0.515. The van der Waals surface area contributed by atoms with E-state index in [9.17, 15) is 0 Å². The van der Waals surface area contributed by atoms with Gasteiger partial charge in [0.05, 0.1) is 0 Å². The quantitative estimate of drug-likeness (QED) is 0.891. The molecule has 1 aliphatic heterocycles. The average Bonchev–Trinajstić information content (AvgIpc) is 2.70. The largest absolute Gasteiger partial charge is 0.356 e. The van der Waals surface area contributed by atoms with Crippen molar-refractivity contribution in [3.63, 3.8) is 0 Å². The number of pyridine rings is 1. The van der Waals surface area contributed by atoms with Crippen molar-refractivity contribution in [1.29, 1.82) is 0 Å². The highest BCUT2D eigenvalue weighted by Gasteiger charge is 2.18. The number of nitrogens with zero attached hydrogens (tertiary/aromatic N) is 2. The fraction of sp³-hybridized carbons (Fsp3) is 0.722. The van der Waals surface area contributed by atoms with E-state index in [1.54, 1.807) is 0 Å². The molecule has 1 N–H and O–H groups in total. The zero-order valence-electron chi connectivity index (χ0n) is 14.2. The molecular weight excluding hydrogens is 258 g/mol. The maximum Gasteiger partial charge on any atom is 0.131 e. The molecule has 1 aliphatic rings. The second-order valence-corrected chi connectivity index (χ2v) is 6.71. The van der Waals surface area contributed by atoms with Gasteiger partial charge in [-0.15, -0.1) is 0 Å². The highest BCUT2D eigenvalue weighted by Crippen LogP contribution is 2.25. The van der Waals surface area contributed by atoms with Crippen LogP contribution in [-0.4, -0.2) is 24.1 Å². The SMILES string of the molecule is CCC1CCCN(c2ncc(CNC(C)C)cc2C)CC1. The van der Waals surface area contributed by atoms with E-state index in [1.165, 1.54) is 42.6 Å². The van der Waals surface area contributed by atoms with Crippen molar-refractivity contribution in [1.82, 2.24) is 10.3 Å². The summed E-state index contributed by atoms with van der Waals surface area (Å²) in [6, 6.07) is 2.81. The second-order valence-electron chi connectivity index (χ2n) is 6.71. The van der Waals surface area contributed by atoms with Crippen molar-refractivity contribution in [2.45, 2.75) is 66.0 Å². The van der Waals surface area contributed by atoms with Gasteiger partial charge in [0.2, 0.25) is 0 Å². The van der Waals surface area contributed by atoms with Crippen LogP contribution in [0, 0.1) is 12.8 Å². The van der Waals surface area contributed by atoms with Crippen LogP contribution in [0.4, 0.5) is 5.82 Å². The lowest BCUT2D eigenvalue weighted by atomic mass is 9.98. The normalized spacial score (nSPS) is 19.9. The lowest BCUT2D eigenvalue weighted by Gasteiger charge is -2.24. The molecule has 3 heteroatoms. The fourth-order valence-corrected chi connectivity index (χ4v) is 3.16. The van der Waals surface area contributed by atoms with Crippen LogP contribution in [-0.2, 0) is 6.54 Å². The molecule has 21 heavy (non-hydrogen) atoms. The average molecular weight is 289 g/mol. The van der Waals surface area contributed by atoms with Crippen molar-refractivity contribution in [3.8, 4) is 0 Å². The molecule has 0 amide bonds. The summed E-state index contributed by atoms with van der Waals surface area (Å²) >= 11 is 0. The van der Waals surface area contributed by atoms with Gasteiger partial charge in [-0.1, -0.05) is 27.2 Å². The van der Waals surface area contributed by atoms with Crippen LogP contribution in [0.15, 0.2) is 12.3 Å². The first-order valence-corrected chi connectivity index (χ1v) is 8.54. The molecule has 1 unspecified atom stereocenters. The van der Waals surface area contributed by atoms with Crippen LogP contribution in [0.2, 0.25) is 0 Å². The van der Waals surface area contributed by atoms with Crippen LogP contribution in [0.25, 0.3) is 0 Å². The van der Waals surface area contributed by atoms with E-state index in [1.807, 2.05) is 6.20 Å². The summed E-state index contributed by atoms with van der Waals surface area (Å²) in [7, 11) is 0. The Bertz CT molecular complexity index is 442. The lowest BCUT2D eigenvalue weighted by Crippen LogP contribution is -2.26. The molecule has 0 saturated carbocycles. The van der Waals surface area contributed by atoms with Crippen molar-refractivity contribution in [3.05, 3.63) is 23.4 Å². The first kappa shape index (κ1) is 16.3. The van der Waals surface area contributed by atoms with Gasteiger partial charge in [-0.3, -0.25) is 0 Å². The molecule has 1 aromatic heterocycles. The molecule has 1 fully saturated rings. The number of hydrogen-bond donors (Lipinski definition) is 1. The number of rotatable bonds is 5. The summed E-state index contributed by atoms with van der Waals surface area (Å²) in [5, 5.41) is 3.46. The van der Waals surface area contributed by atoms with E-state index in [2.05, 4.69) is 44.0 Å². The van der Waals surface area contributed by atoms with Crippen LogP contribution in [0.5, 0.6) is 0 Å². The van der Waals surface area contributed by atoms with Crippen molar-refractivity contribution in [2.75, 3.05) is 18.0 Å². The third-order valence-electron chi connectivity index (χ3n) is 4.55. The summed E-state index contributed by atoms with van der Waals surface area (Å²) in [4.78, 5) is 7.25. The van der Waals surface area contributed by atoms with Gasteiger partial charge in [0.15, 0.2) is 0 Å². The molecule has 2 rings (SSSR count). The summed E-state index contributed by atoms with van der Waals surface area (Å²) in [6.07, 6.45) is 7.35. The van der Waals surface area contributed by atoms with Gasteiger partial charge in [0, 0.05) is 31.9 Å². The van der Waals surface area contributed by atoms with Gasteiger partial charge in [0.25, 0.3) is 0 Å². The Balaban J connectivity index is 2.02. The van der Waals surface area contributed by atoms with Gasteiger partial charge in [-0.2, -0.15) is 0 Å². The molecule has 0 radical (unpaired) electrons. The minimum atomic E-state index is 0.515. The van der Waals surface area contributed by atoms with Crippen LogP contribution < -0.4 is 10.2 Å². The summed E-state index contributed by atoms with van der Waals surface area (Å²) in [5.74, 6) is 2.10. The number of nitrogens with one attached hydrogen (secondary N) is 1.